The molecule has 3 rings (SSSR count). The van der Waals surface area contributed by atoms with Gasteiger partial charge in [-0.05, 0) is 62.5 Å². The van der Waals surface area contributed by atoms with Crippen LogP contribution in [0.3, 0.4) is 0 Å². The van der Waals surface area contributed by atoms with E-state index in [9.17, 15) is 9.90 Å². The van der Waals surface area contributed by atoms with E-state index >= 15 is 0 Å². The van der Waals surface area contributed by atoms with E-state index in [1.807, 2.05) is 26.0 Å². The first-order valence-corrected chi connectivity index (χ1v) is 11.2. The van der Waals surface area contributed by atoms with Gasteiger partial charge in [-0.1, -0.05) is 29.8 Å². The van der Waals surface area contributed by atoms with Crippen LogP contribution in [0.1, 0.15) is 37.6 Å². The van der Waals surface area contributed by atoms with Gasteiger partial charge in [-0.15, -0.1) is 0 Å². The van der Waals surface area contributed by atoms with Gasteiger partial charge in [-0.2, -0.15) is 9.78 Å². The zero-order valence-electron chi connectivity index (χ0n) is 15.9. The highest BCUT2D eigenvalue weighted by Crippen LogP contribution is 2.41. The fourth-order valence-electron chi connectivity index (χ4n) is 2.76. The van der Waals surface area contributed by atoms with E-state index in [2.05, 4.69) is 52.9 Å². The summed E-state index contributed by atoms with van der Waals surface area (Å²) in [6, 6.07) is 7.05. The molecular weight excluding hydrogens is 570 g/mol. The van der Waals surface area contributed by atoms with Crippen LogP contribution in [0, 0.1) is 0 Å². The molecule has 0 aliphatic heterocycles. The van der Waals surface area contributed by atoms with Gasteiger partial charge in [0, 0.05) is 20.4 Å². The third-order valence-corrected chi connectivity index (χ3v) is 7.24. The van der Waals surface area contributed by atoms with E-state index in [1.54, 1.807) is 12.1 Å². The van der Waals surface area contributed by atoms with E-state index in [1.165, 1.54) is 18.0 Å². The lowest BCUT2D eigenvalue weighted by Gasteiger charge is -2.14. The smallest absolute Gasteiger partial charge is 0.282 e. The molecule has 1 aromatic heterocycles. The number of phenols is 1. The lowest BCUT2D eigenvalue weighted by atomic mass is 10.1. The Hall–Kier alpha value is -1.71. The number of ether oxygens (including phenoxy) is 1. The Morgan fingerprint density at radius 2 is 2.00 bits per heavy atom. The Morgan fingerprint density at radius 1 is 1.28 bits per heavy atom. The largest absolute Gasteiger partial charge is 0.503 e. The molecule has 0 spiro atoms. The number of hydrogen-bond donors (Lipinski definition) is 1. The van der Waals surface area contributed by atoms with Gasteiger partial charge in [0.25, 0.3) is 5.56 Å². The number of rotatable bonds is 5. The summed E-state index contributed by atoms with van der Waals surface area (Å²) >= 11 is 10.2. The first-order valence-electron chi connectivity index (χ1n) is 8.80. The molecule has 3 aromatic rings. The highest BCUT2D eigenvalue weighted by atomic mass is 79.9. The molecule has 0 bridgehead atoms. The zero-order valence-corrected chi connectivity index (χ0v) is 20.7. The van der Waals surface area contributed by atoms with Gasteiger partial charge in [0.1, 0.15) is 5.82 Å². The number of aromatic hydroxyl groups is 1. The summed E-state index contributed by atoms with van der Waals surface area (Å²) in [6.45, 7) is 4.05. The Kier molecular flexibility index (Phi) is 6.80. The second-order valence-corrected chi connectivity index (χ2v) is 8.95. The van der Waals surface area contributed by atoms with Gasteiger partial charge in [-0.25, -0.2) is 4.98 Å². The fraction of sp³-hybridized carbons (Fsp3) is 0.250. The van der Waals surface area contributed by atoms with Crippen molar-refractivity contribution < 1.29 is 9.84 Å². The van der Waals surface area contributed by atoms with Gasteiger partial charge < -0.3 is 9.84 Å². The Bertz CT molecular complexity index is 1180. The SMILES string of the molecule is CC[C@@H](C)c1nc2ccc(Br)cc2c(=O)n1N=Cc1cc(OC)c(O)c(Br)c1Br. The van der Waals surface area contributed by atoms with Gasteiger partial charge in [0.15, 0.2) is 11.5 Å². The lowest BCUT2D eigenvalue weighted by Crippen LogP contribution is -2.23. The monoisotopic (exact) mass is 585 g/mol. The summed E-state index contributed by atoms with van der Waals surface area (Å²) in [7, 11) is 1.47. The number of phenolic OH excluding ortho intramolecular Hbond substituents is 1. The molecule has 1 atom stereocenters. The van der Waals surface area contributed by atoms with Crippen LogP contribution in [-0.4, -0.2) is 28.1 Å². The Balaban J connectivity index is 2.23. The molecule has 152 valence electrons. The average Bonchev–Trinajstić information content (AvgIpc) is 2.72. The minimum atomic E-state index is -0.246. The van der Waals surface area contributed by atoms with Crippen molar-refractivity contribution in [2.75, 3.05) is 7.11 Å². The van der Waals surface area contributed by atoms with E-state index in [0.717, 1.165) is 10.9 Å². The van der Waals surface area contributed by atoms with Crippen LogP contribution in [0.4, 0.5) is 0 Å². The van der Waals surface area contributed by atoms with Crippen molar-refractivity contribution in [2.24, 2.45) is 5.10 Å². The topological polar surface area (TPSA) is 76.7 Å². The summed E-state index contributed by atoms with van der Waals surface area (Å²) < 4.78 is 8.36. The first-order chi connectivity index (χ1) is 13.8. The lowest BCUT2D eigenvalue weighted by molar-refractivity contribution is 0.371. The van der Waals surface area contributed by atoms with Crippen LogP contribution >= 0.6 is 47.8 Å². The Labute approximate surface area is 193 Å². The van der Waals surface area contributed by atoms with Gasteiger partial charge >= 0.3 is 0 Å². The minimum absolute atomic E-state index is 0.0220. The molecular formula is C20H18Br3N3O3. The Morgan fingerprint density at radius 3 is 2.66 bits per heavy atom. The molecule has 1 heterocycles. The van der Waals surface area contributed by atoms with Crippen molar-refractivity contribution >= 4 is 64.9 Å². The van der Waals surface area contributed by atoms with E-state index in [-0.39, 0.29) is 23.0 Å². The van der Waals surface area contributed by atoms with Crippen molar-refractivity contribution in [1.29, 1.82) is 0 Å². The molecule has 0 aliphatic rings. The average molecular weight is 588 g/mol. The summed E-state index contributed by atoms with van der Waals surface area (Å²) in [4.78, 5) is 17.9. The molecule has 0 saturated carbocycles. The fourth-order valence-corrected chi connectivity index (χ4v) is 3.95. The summed E-state index contributed by atoms with van der Waals surface area (Å²) in [6.07, 6.45) is 2.35. The van der Waals surface area contributed by atoms with Crippen LogP contribution in [-0.2, 0) is 0 Å². The molecule has 9 heteroatoms. The van der Waals surface area contributed by atoms with E-state index in [0.29, 0.717) is 31.2 Å². The number of halogens is 3. The molecule has 1 N–H and O–H groups in total. The third kappa shape index (κ3) is 4.27. The van der Waals surface area contributed by atoms with Crippen molar-refractivity contribution in [1.82, 2.24) is 9.66 Å². The van der Waals surface area contributed by atoms with Crippen LogP contribution in [0.15, 0.2) is 47.6 Å². The molecule has 0 amide bonds. The zero-order chi connectivity index (χ0) is 21.3. The quantitative estimate of drug-likeness (QED) is 0.383. The van der Waals surface area contributed by atoms with Crippen molar-refractivity contribution in [2.45, 2.75) is 26.2 Å². The minimum Gasteiger partial charge on any atom is -0.503 e. The molecule has 0 radical (unpaired) electrons. The second-order valence-electron chi connectivity index (χ2n) is 6.45. The standard InChI is InChI=1S/C20H18Br3N3O3/c1-4-10(2)19-25-14-6-5-12(21)8-13(14)20(28)26(19)24-9-11-7-15(29-3)18(27)17(23)16(11)22/h5-10,27H,4H2,1-3H3/t10-/m1/s1. The van der Waals surface area contributed by atoms with E-state index < -0.39 is 0 Å². The van der Waals surface area contributed by atoms with Gasteiger partial charge in [-0.3, -0.25) is 4.79 Å². The highest BCUT2D eigenvalue weighted by molar-refractivity contribution is 9.13. The molecule has 6 nitrogen and oxygen atoms in total. The molecule has 2 aromatic carbocycles. The molecule has 0 unspecified atom stereocenters. The molecule has 0 aliphatic carbocycles. The summed E-state index contributed by atoms with van der Waals surface area (Å²) in [5.41, 5.74) is 1.02. The number of hydrogen-bond acceptors (Lipinski definition) is 5. The van der Waals surface area contributed by atoms with Crippen LogP contribution in [0.25, 0.3) is 10.9 Å². The molecule has 29 heavy (non-hydrogen) atoms. The van der Waals surface area contributed by atoms with E-state index in [4.69, 9.17) is 9.72 Å². The first kappa shape index (κ1) is 22.0. The number of fused-ring (bicyclic) bond motifs is 1. The van der Waals surface area contributed by atoms with Crippen LogP contribution in [0.5, 0.6) is 11.5 Å². The van der Waals surface area contributed by atoms with Crippen molar-refractivity contribution in [3.05, 3.63) is 59.4 Å². The number of aromatic nitrogens is 2. The summed E-state index contributed by atoms with van der Waals surface area (Å²) in [5.74, 6) is 0.893. The number of benzene rings is 2. The van der Waals surface area contributed by atoms with Crippen LogP contribution in [0.2, 0.25) is 0 Å². The van der Waals surface area contributed by atoms with Crippen molar-refractivity contribution in [3.63, 3.8) is 0 Å². The maximum absolute atomic E-state index is 13.2. The highest BCUT2D eigenvalue weighted by Gasteiger charge is 2.17. The predicted octanol–water partition coefficient (Wildman–Crippen LogP) is 5.79. The van der Waals surface area contributed by atoms with Gasteiger partial charge in [0.2, 0.25) is 0 Å². The normalized spacial score (nSPS) is 12.6. The maximum atomic E-state index is 13.2. The predicted molar refractivity (Wildman–Crippen MR) is 125 cm³/mol. The number of nitrogens with zero attached hydrogens (tertiary/aromatic N) is 3. The maximum Gasteiger partial charge on any atom is 0.282 e. The second kappa shape index (κ2) is 8.97. The molecule has 0 saturated heterocycles. The van der Waals surface area contributed by atoms with Crippen LogP contribution < -0.4 is 10.3 Å². The van der Waals surface area contributed by atoms with Crippen molar-refractivity contribution in [3.8, 4) is 11.5 Å². The number of methoxy groups -OCH3 is 1. The van der Waals surface area contributed by atoms with Gasteiger partial charge in [0.05, 0.1) is 28.7 Å². The summed E-state index contributed by atoms with van der Waals surface area (Å²) in [5, 5.41) is 15.0. The third-order valence-electron chi connectivity index (χ3n) is 4.59. The molecule has 0 fully saturated rings.